The summed E-state index contributed by atoms with van der Waals surface area (Å²) in [6.07, 6.45) is 28.3. The molecule has 0 bridgehead atoms. The van der Waals surface area contributed by atoms with Gasteiger partial charge in [-0.25, -0.2) is 0 Å². The summed E-state index contributed by atoms with van der Waals surface area (Å²) in [6.45, 7) is 14.6. The zero-order chi connectivity index (χ0) is 42.1. The van der Waals surface area contributed by atoms with Crippen LogP contribution in [0.4, 0.5) is 0 Å². The molecule has 2 saturated carbocycles. The van der Waals surface area contributed by atoms with Gasteiger partial charge in [0.15, 0.2) is 0 Å². The molecule has 8 rings (SSSR count). The summed E-state index contributed by atoms with van der Waals surface area (Å²) in [6, 6.07) is 33.1. The third-order valence-corrected chi connectivity index (χ3v) is 68.7. The number of hydrogen-bond donors (Lipinski definition) is 0. The number of allylic oxidation sites excluding steroid dienone is 2. The van der Waals surface area contributed by atoms with E-state index in [1.807, 2.05) is 0 Å². The minimum absolute atomic E-state index is 0.108. The van der Waals surface area contributed by atoms with Crippen LogP contribution in [0.5, 0.6) is 0 Å². The van der Waals surface area contributed by atoms with Gasteiger partial charge in [-0.1, -0.05) is 0 Å². The molecule has 60 heavy (non-hydrogen) atoms. The zero-order valence-electron chi connectivity index (χ0n) is 38.0. The Morgan fingerprint density at radius 3 is 1.20 bits per heavy atom. The van der Waals surface area contributed by atoms with Crippen molar-refractivity contribution >= 4 is 35.1 Å². The third kappa shape index (κ3) is 8.18. The molecule has 0 nitrogen and oxygen atoms in total. The molecule has 0 spiro atoms. The average Bonchev–Trinajstić information content (AvgIpc) is 3.62. The number of fused-ring (bicyclic) bond motifs is 2. The fraction of sp³-hybridized carbons (Fsp3) is 0.500. The Balaban J connectivity index is 1.36. The quantitative estimate of drug-likeness (QED) is 0.0926. The van der Waals surface area contributed by atoms with E-state index in [-0.39, 0.29) is 7.25 Å². The number of benzene rings is 4. The molecule has 4 heteroatoms. The van der Waals surface area contributed by atoms with Gasteiger partial charge in [0.25, 0.3) is 0 Å². The summed E-state index contributed by atoms with van der Waals surface area (Å²) in [5, 5.41) is 0. The predicted octanol–water partition coefficient (Wildman–Crippen LogP) is 18.0. The Labute approximate surface area is 373 Å². The monoisotopic (exact) mass is 933 g/mol. The van der Waals surface area contributed by atoms with E-state index in [1.165, 1.54) is 146 Å². The zero-order valence-corrected chi connectivity index (χ0v) is 43.1. The number of halogens is 2. The molecule has 0 aliphatic heterocycles. The molecule has 2 atom stereocenters. The van der Waals surface area contributed by atoms with E-state index in [2.05, 4.69) is 138 Å². The Kier molecular flexibility index (Phi) is 13.6. The van der Waals surface area contributed by atoms with Gasteiger partial charge in [-0.3, -0.25) is 0 Å². The second-order valence-corrected chi connectivity index (χ2v) is 62.8. The number of aryl methyl sites for hydroxylation is 2. The minimum atomic E-state index is -5.12. The molecule has 4 aromatic rings. The first-order valence-corrected chi connectivity index (χ1v) is 40.7. The molecule has 4 aliphatic rings. The Bertz CT molecular complexity index is 2040. The van der Waals surface area contributed by atoms with Crippen LogP contribution in [0, 0.1) is 10.8 Å². The molecule has 0 radical (unpaired) electrons. The summed E-state index contributed by atoms with van der Waals surface area (Å²) in [5.41, 5.74) is 17.6. The van der Waals surface area contributed by atoms with Crippen molar-refractivity contribution in [3.05, 3.63) is 129 Å². The van der Waals surface area contributed by atoms with Crippen molar-refractivity contribution in [2.75, 3.05) is 0 Å². The van der Waals surface area contributed by atoms with Gasteiger partial charge in [0, 0.05) is 0 Å². The van der Waals surface area contributed by atoms with Crippen LogP contribution in [-0.2, 0) is 28.4 Å². The third-order valence-electron chi connectivity index (χ3n) is 16.8. The summed E-state index contributed by atoms with van der Waals surface area (Å²) in [4.78, 5) is 0. The standard InChI is InChI=1S/2C27H33.C2H7Si.2ClH.Zr/c2*1-3-21-12-14-23(15-13-21)25-11-9-10-24-18-22(19-26(24)25)20-27(4-2)16-7-5-6-8-17-27;1-3-2;;;/h2*9-15,18-19H,3-8,16-17,20H2,1-2H3;3H,1-2H3;2*1H;/q;;;;;+2/p-2. The van der Waals surface area contributed by atoms with Crippen LogP contribution in [0.15, 0.2) is 96.1 Å². The van der Waals surface area contributed by atoms with E-state index in [9.17, 15) is 17.0 Å². The fourth-order valence-corrected chi connectivity index (χ4v) is 44.1. The molecule has 0 aromatic heterocycles. The van der Waals surface area contributed by atoms with E-state index in [1.54, 1.807) is 11.1 Å². The molecular weight excluding hydrogens is 863 g/mol. The fourth-order valence-electron chi connectivity index (χ4n) is 12.8. The number of rotatable bonds is 13. The van der Waals surface area contributed by atoms with Crippen molar-refractivity contribution in [1.82, 2.24) is 0 Å². The molecular formula is C56H73Cl2SiZr. The van der Waals surface area contributed by atoms with Crippen LogP contribution >= 0.6 is 17.0 Å². The summed E-state index contributed by atoms with van der Waals surface area (Å²) in [7, 11) is 18.6. The van der Waals surface area contributed by atoms with Gasteiger partial charge in [-0.2, -0.15) is 0 Å². The Hall–Kier alpha value is -1.96. The average molecular weight is 936 g/mol. The van der Waals surface area contributed by atoms with E-state index in [4.69, 9.17) is 0 Å². The Morgan fingerprint density at radius 1 is 0.517 bits per heavy atom. The van der Waals surface area contributed by atoms with Crippen molar-refractivity contribution in [3.63, 3.8) is 0 Å². The van der Waals surface area contributed by atoms with E-state index < -0.39 is 21.5 Å². The molecule has 0 amide bonds. The van der Waals surface area contributed by atoms with Crippen LogP contribution < -0.4 is 0 Å². The first kappa shape index (κ1) is 44.6. The van der Waals surface area contributed by atoms with E-state index in [0.29, 0.717) is 10.8 Å². The Morgan fingerprint density at radius 2 is 0.883 bits per heavy atom. The molecule has 0 saturated heterocycles. The van der Waals surface area contributed by atoms with Gasteiger partial charge in [0.2, 0.25) is 0 Å². The van der Waals surface area contributed by atoms with Gasteiger partial charge >= 0.3 is 377 Å². The molecule has 319 valence electrons. The van der Waals surface area contributed by atoms with E-state index >= 15 is 0 Å². The summed E-state index contributed by atoms with van der Waals surface area (Å²) in [5.74, 6) is -1.75. The van der Waals surface area contributed by atoms with E-state index in [0.717, 1.165) is 25.7 Å². The van der Waals surface area contributed by atoms with Crippen molar-refractivity contribution in [2.45, 2.75) is 164 Å². The van der Waals surface area contributed by atoms with Crippen LogP contribution in [0.2, 0.25) is 13.1 Å². The maximum absolute atomic E-state index is 9.30. The van der Waals surface area contributed by atoms with Gasteiger partial charge in [-0.05, 0) is 0 Å². The van der Waals surface area contributed by atoms with Crippen LogP contribution in [0.1, 0.15) is 171 Å². The van der Waals surface area contributed by atoms with Gasteiger partial charge in [0.05, 0.1) is 0 Å². The molecule has 4 aromatic carbocycles. The molecule has 0 N–H and O–H groups in total. The van der Waals surface area contributed by atoms with Crippen molar-refractivity contribution < 1.29 is 15.6 Å². The van der Waals surface area contributed by atoms with Crippen molar-refractivity contribution in [1.29, 1.82) is 0 Å². The summed E-state index contributed by atoms with van der Waals surface area (Å²) >= 11 is -5.12. The second-order valence-electron chi connectivity index (χ2n) is 20.3. The molecule has 4 aliphatic carbocycles. The molecule has 2 fully saturated rings. The molecule has 2 unspecified atom stereocenters. The number of hydrogen-bond acceptors (Lipinski definition) is 0. The van der Waals surface area contributed by atoms with Crippen LogP contribution in [0.3, 0.4) is 0 Å². The molecule has 0 heterocycles. The second kappa shape index (κ2) is 18.3. The topological polar surface area (TPSA) is 0 Å². The first-order valence-electron chi connectivity index (χ1n) is 24.4. The van der Waals surface area contributed by atoms with Crippen molar-refractivity contribution in [3.8, 4) is 22.3 Å². The van der Waals surface area contributed by atoms with Crippen molar-refractivity contribution in [2.24, 2.45) is 10.8 Å². The maximum atomic E-state index is 9.30. The SMILES string of the molecule is CCc1ccc(-c2cccc3c2C=C(CC2(CC)CCCCCC2)[CH]3[Zr]([Cl])([Cl])([CH]2C(CC3(CC)CCCCCC3)=Cc3c(-c4ccc(CC)cc4)cccc32)[SiH](C)C)cc1. The van der Waals surface area contributed by atoms with Crippen LogP contribution in [-0.4, -0.2) is 5.92 Å². The van der Waals surface area contributed by atoms with Gasteiger partial charge in [0.1, 0.15) is 0 Å². The van der Waals surface area contributed by atoms with Gasteiger partial charge < -0.3 is 0 Å². The van der Waals surface area contributed by atoms with Gasteiger partial charge in [-0.15, -0.1) is 0 Å². The first-order chi connectivity index (χ1) is 29.0. The normalized spacial score (nSPS) is 21.9. The summed E-state index contributed by atoms with van der Waals surface area (Å²) < 4.78 is 0.216. The van der Waals surface area contributed by atoms with Crippen LogP contribution in [0.25, 0.3) is 34.4 Å². The predicted molar refractivity (Wildman–Crippen MR) is 265 cm³/mol.